The zero-order chi connectivity index (χ0) is 13.5. The zero-order valence-electron chi connectivity index (χ0n) is 10.7. The van der Waals surface area contributed by atoms with Crippen molar-refractivity contribution < 1.29 is 19.1 Å². The number of esters is 1. The van der Waals surface area contributed by atoms with E-state index >= 15 is 0 Å². The second kappa shape index (κ2) is 6.64. The number of anilines is 1. The Hall–Kier alpha value is -2.04. The van der Waals surface area contributed by atoms with Crippen molar-refractivity contribution in [2.24, 2.45) is 0 Å². The van der Waals surface area contributed by atoms with Gasteiger partial charge in [0.05, 0.1) is 19.2 Å². The monoisotopic (exact) mass is 251 g/mol. The minimum absolute atomic E-state index is 0.158. The van der Waals surface area contributed by atoms with E-state index in [1.165, 1.54) is 14.0 Å². The van der Waals surface area contributed by atoms with Gasteiger partial charge in [-0.3, -0.25) is 9.59 Å². The summed E-state index contributed by atoms with van der Waals surface area (Å²) in [6, 6.07) is 7.06. The molecule has 1 N–H and O–H groups in total. The van der Waals surface area contributed by atoms with Crippen LogP contribution in [0.5, 0.6) is 5.75 Å². The first kappa shape index (κ1) is 14.0. The summed E-state index contributed by atoms with van der Waals surface area (Å²) in [6.45, 7) is 3.19. The summed E-state index contributed by atoms with van der Waals surface area (Å²) in [5.74, 6) is 0.0234. The van der Waals surface area contributed by atoms with Gasteiger partial charge in [-0.25, -0.2) is 0 Å². The van der Waals surface area contributed by atoms with E-state index in [2.05, 4.69) is 10.1 Å². The SMILES string of the molecule is COC(=O)CC(C)Oc1ccccc1NC(C)=O. The average molecular weight is 251 g/mol. The van der Waals surface area contributed by atoms with Crippen molar-refractivity contribution in [3.05, 3.63) is 24.3 Å². The molecule has 1 unspecified atom stereocenters. The first-order chi connectivity index (χ1) is 8.52. The smallest absolute Gasteiger partial charge is 0.309 e. The van der Waals surface area contributed by atoms with E-state index in [4.69, 9.17) is 4.74 Å². The predicted molar refractivity (Wildman–Crippen MR) is 67.5 cm³/mol. The van der Waals surface area contributed by atoms with Crippen LogP contribution in [-0.2, 0) is 14.3 Å². The van der Waals surface area contributed by atoms with Crippen molar-refractivity contribution in [3.63, 3.8) is 0 Å². The fourth-order valence-corrected chi connectivity index (χ4v) is 1.44. The lowest BCUT2D eigenvalue weighted by atomic mass is 10.2. The van der Waals surface area contributed by atoms with E-state index in [9.17, 15) is 9.59 Å². The van der Waals surface area contributed by atoms with Crippen molar-refractivity contribution in [2.45, 2.75) is 26.4 Å². The van der Waals surface area contributed by atoms with Crippen LogP contribution in [0.3, 0.4) is 0 Å². The molecule has 5 nitrogen and oxygen atoms in total. The van der Waals surface area contributed by atoms with Crippen molar-refractivity contribution in [1.29, 1.82) is 0 Å². The minimum atomic E-state index is -0.334. The number of para-hydroxylation sites is 2. The standard InChI is InChI=1S/C13H17NO4/c1-9(8-13(16)17-3)18-12-7-5-4-6-11(12)14-10(2)15/h4-7,9H,8H2,1-3H3,(H,14,15). The molecule has 0 bridgehead atoms. The highest BCUT2D eigenvalue weighted by Gasteiger charge is 2.13. The Balaban J connectivity index is 2.71. The highest BCUT2D eigenvalue weighted by atomic mass is 16.5. The lowest BCUT2D eigenvalue weighted by molar-refractivity contribution is -0.142. The van der Waals surface area contributed by atoms with Gasteiger partial charge in [-0.1, -0.05) is 12.1 Å². The molecule has 0 aliphatic rings. The molecule has 1 amide bonds. The molecular weight excluding hydrogens is 234 g/mol. The summed E-state index contributed by atoms with van der Waals surface area (Å²) in [5.41, 5.74) is 0.585. The Bertz CT molecular complexity index is 431. The predicted octanol–water partition coefficient (Wildman–Crippen LogP) is 1.98. The van der Waals surface area contributed by atoms with Crippen LogP contribution in [0.2, 0.25) is 0 Å². The number of benzene rings is 1. The topological polar surface area (TPSA) is 64.6 Å². The summed E-state index contributed by atoms with van der Waals surface area (Å²) in [6.07, 6.45) is -0.169. The summed E-state index contributed by atoms with van der Waals surface area (Å²) in [5, 5.41) is 2.67. The van der Waals surface area contributed by atoms with Crippen LogP contribution in [0.25, 0.3) is 0 Å². The van der Waals surface area contributed by atoms with Gasteiger partial charge in [0.2, 0.25) is 5.91 Å². The van der Waals surface area contributed by atoms with E-state index in [0.717, 1.165) is 0 Å². The summed E-state index contributed by atoms with van der Waals surface area (Å²) < 4.78 is 10.2. The molecule has 98 valence electrons. The molecule has 1 aromatic carbocycles. The summed E-state index contributed by atoms with van der Waals surface area (Å²) >= 11 is 0. The molecule has 1 rings (SSSR count). The molecule has 0 aliphatic heterocycles. The van der Waals surface area contributed by atoms with Crippen LogP contribution >= 0.6 is 0 Å². The number of rotatable bonds is 5. The molecule has 18 heavy (non-hydrogen) atoms. The number of hydrogen-bond donors (Lipinski definition) is 1. The largest absolute Gasteiger partial charge is 0.488 e. The second-order valence-corrected chi connectivity index (χ2v) is 3.89. The van der Waals surface area contributed by atoms with Gasteiger partial charge >= 0.3 is 5.97 Å². The van der Waals surface area contributed by atoms with Crippen molar-refractivity contribution in [3.8, 4) is 5.75 Å². The van der Waals surface area contributed by atoms with Crippen LogP contribution in [0, 0.1) is 0 Å². The van der Waals surface area contributed by atoms with Crippen LogP contribution in [-0.4, -0.2) is 25.1 Å². The lowest BCUT2D eigenvalue weighted by Gasteiger charge is -2.16. The Kier molecular flexibility index (Phi) is 5.17. The van der Waals surface area contributed by atoms with Crippen molar-refractivity contribution >= 4 is 17.6 Å². The molecule has 0 aliphatic carbocycles. The van der Waals surface area contributed by atoms with E-state index in [1.54, 1.807) is 31.2 Å². The van der Waals surface area contributed by atoms with Gasteiger partial charge in [0.25, 0.3) is 0 Å². The highest BCUT2D eigenvalue weighted by Crippen LogP contribution is 2.25. The fraction of sp³-hybridized carbons (Fsp3) is 0.385. The number of amides is 1. The third-order valence-corrected chi connectivity index (χ3v) is 2.21. The molecule has 0 fully saturated rings. The van der Waals surface area contributed by atoms with Gasteiger partial charge in [-0.2, -0.15) is 0 Å². The highest BCUT2D eigenvalue weighted by molar-refractivity contribution is 5.90. The Morgan fingerprint density at radius 1 is 1.33 bits per heavy atom. The lowest BCUT2D eigenvalue weighted by Crippen LogP contribution is -2.19. The molecule has 0 heterocycles. The van der Waals surface area contributed by atoms with Gasteiger partial charge in [0.15, 0.2) is 0 Å². The normalized spacial score (nSPS) is 11.5. The third kappa shape index (κ3) is 4.45. The number of hydrogen-bond acceptors (Lipinski definition) is 4. The van der Waals surface area contributed by atoms with Crippen LogP contribution in [0.1, 0.15) is 20.3 Å². The maximum absolute atomic E-state index is 11.1. The summed E-state index contributed by atoms with van der Waals surface area (Å²) in [4.78, 5) is 22.1. The molecule has 0 saturated heterocycles. The maximum Gasteiger partial charge on any atom is 0.309 e. The van der Waals surface area contributed by atoms with E-state index in [1.807, 2.05) is 0 Å². The van der Waals surface area contributed by atoms with Crippen molar-refractivity contribution in [1.82, 2.24) is 0 Å². The third-order valence-electron chi connectivity index (χ3n) is 2.21. The van der Waals surface area contributed by atoms with Gasteiger partial charge in [0, 0.05) is 6.92 Å². The first-order valence-corrected chi connectivity index (χ1v) is 5.63. The maximum atomic E-state index is 11.1. The summed E-state index contributed by atoms with van der Waals surface area (Å²) in [7, 11) is 1.33. The van der Waals surface area contributed by atoms with Crippen LogP contribution in [0.15, 0.2) is 24.3 Å². The number of carbonyl (C=O) groups excluding carboxylic acids is 2. The second-order valence-electron chi connectivity index (χ2n) is 3.89. The average Bonchev–Trinajstić information content (AvgIpc) is 2.30. The first-order valence-electron chi connectivity index (χ1n) is 5.63. The van der Waals surface area contributed by atoms with Crippen molar-refractivity contribution in [2.75, 3.05) is 12.4 Å². The number of methoxy groups -OCH3 is 1. The van der Waals surface area contributed by atoms with Gasteiger partial charge in [-0.05, 0) is 19.1 Å². The molecule has 1 aromatic rings. The van der Waals surface area contributed by atoms with E-state index < -0.39 is 0 Å². The Labute approximate surface area is 106 Å². The molecule has 5 heteroatoms. The molecule has 0 aromatic heterocycles. The molecule has 0 spiro atoms. The minimum Gasteiger partial charge on any atom is -0.488 e. The van der Waals surface area contributed by atoms with E-state index in [0.29, 0.717) is 11.4 Å². The van der Waals surface area contributed by atoms with Gasteiger partial charge in [-0.15, -0.1) is 0 Å². The molecular formula is C13H17NO4. The Morgan fingerprint density at radius 3 is 2.61 bits per heavy atom. The molecule has 0 saturated carbocycles. The van der Waals surface area contributed by atoms with E-state index in [-0.39, 0.29) is 24.4 Å². The van der Waals surface area contributed by atoms with Gasteiger partial charge in [0.1, 0.15) is 11.9 Å². The number of ether oxygens (including phenoxy) is 2. The quantitative estimate of drug-likeness (QED) is 0.813. The molecule has 1 atom stereocenters. The van der Waals surface area contributed by atoms with Crippen LogP contribution < -0.4 is 10.1 Å². The fourth-order valence-electron chi connectivity index (χ4n) is 1.44. The zero-order valence-corrected chi connectivity index (χ0v) is 10.7. The van der Waals surface area contributed by atoms with Crippen LogP contribution in [0.4, 0.5) is 5.69 Å². The number of nitrogens with one attached hydrogen (secondary N) is 1. The molecule has 0 radical (unpaired) electrons. The Morgan fingerprint density at radius 2 is 2.00 bits per heavy atom. The number of carbonyl (C=O) groups is 2. The van der Waals surface area contributed by atoms with Gasteiger partial charge < -0.3 is 14.8 Å².